The summed E-state index contributed by atoms with van der Waals surface area (Å²) in [5.41, 5.74) is 1.96. The molecule has 0 spiro atoms. The molecule has 0 bridgehead atoms. The maximum atomic E-state index is 12.6. The third kappa shape index (κ3) is 3.06. The lowest BCUT2D eigenvalue weighted by atomic mass is 10.1. The Morgan fingerprint density at radius 3 is 2.31 bits per heavy atom. The van der Waals surface area contributed by atoms with Gasteiger partial charge in [-0.25, -0.2) is 4.79 Å². The van der Waals surface area contributed by atoms with Crippen LogP contribution in [0.1, 0.15) is 41.5 Å². The third-order valence-corrected chi connectivity index (χ3v) is 4.31. The second-order valence-corrected chi connectivity index (χ2v) is 6.34. The molecule has 1 aliphatic rings. The van der Waals surface area contributed by atoms with Crippen LogP contribution in [0, 0.1) is 0 Å². The number of nitrogens with one attached hydrogen (secondary N) is 1. The molecule has 0 fully saturated rings. The van der Waals surface area contributed by atoms with Gasteiger partial charge in [-0.05, 0) is 51.1 Å². The molecule has 0 saturated carbocycles. The van der Waals surface area contributed by atoms with Gasteiger partial charge in [-0.1, -0.05) is 18.2 Å². The molecule has 6 heteroatoms. The van der Waals surface area contributed by atoms with Gasteiger partial charge in [-0.3, -0.25) is 19.4 Å². The standard InChI is InChI=1S/C20H21N3O3/c1-4-22(15-8-6-5-7-9-15)20(26)21-14-10-11-16-17(12-14)19(25)23(13(2)3)18(16)24/h5-13H,4H2,1-3H3,(H,21,26). The van der Waals surface area contributed by atoms with E-state index in [4.69, 9.17) is 0 Å². The van der Waals surface area contributed by atoms with Crippen molar-refractivity contribution in [3.63, 3.8) is 0 Å². The minimum atomic E-state index is -0.327. The van der Waals surface area contributed by atoms with Crippen molar-refractivity contribution >= 4 is 29.2 Å². The van der Waals surface area contributed by atoms with Gasteiger partial charge in [-0.2, -0.15) is 0 Å². The zero-order valence-corrected chi connectivity index (χ0v) is 15.0. The molecule has 3 rings (SSSR count). The van der Waals surface area contributed by atoms with Crippen LogP contribution in [-0.4, -0.2) is 35.3 Å². The Morgan fingerprint density at radius 2 is 1.69 bits per heavy atom. The van der Waals surface area contributed by atoms with Crippen LogP contribution in [0.2, 0.25) is 0 Å². The second kappa shape index (κ2) is 7.00. The first-order valence-electron chi connectivity index (χ1n) is 8.59. The number of benzene rings is 2. The molecular formula is C20H21N3O3. The van der Waals surface area contributed by atoms with Crippen molar-refractivity contribution in [3.05, 3.63) is 59.7 Å². The molecule has 4 amide bonds. The van der Waals surface area contributed by atoms with E-state index in [9.17, 15) is 14.4 Å². The fraction of sp³-hybridized carbons (Fsp3) is 0.250. The lowest BCUT2D eigenvalue weighted by Gasteiger charge is -2.21. The second-order valence-electron chi connectivity index (χ2n) is 6.34. The third-order valence-electron chi connectivity index (χ3n) is 4.31. The SMILES string of the molecule is CCN(C(=O)Nc1ccc2c(c1)C(=O)N(C(C)C)C2=O)c1ccccc1. The van der Waals surface area contributed by atoms with Crippen molar-refractivity contribution in [2.75, 3.05) is 16.8 Å². The Hall–Kier alpha value is -3.15. The van der Waals surface area contributed by atoms with Crippen LogP contribution in [0.3, 0.4) is 0 Å². The van der Waals surface area contributed by atoms with Gasteiger partial charge in [0.15, 0.2) is 0 Å². The Morgan fingerprint density at radius 1 is 1.04 bits per heavy atom. The van der Waals surface area contributed by atoms with Crippen LogP contribution in [0.15, 0.2) is 48.5 Å². The molecule has 0 atom stereocenters. The zero-order valence-electron chi connectivity index (χ0n) is 15.0. The summed E-state index contributed by atoms with van der Waals surface area (Å²) in [5.74, 6) is -0.621. The molecule has 134 valence electrons. The number of anilines is 2. The van der Waals surface area contributed by atoms with E-state index < -0.39 is 0 Å². The van der Waals surface area contributed by atoms with Crippen molar-refractivity contribution in [1.82, 2.24) is 4.90 Å². The first-order chi connectivity index (χ1) is 12.4. The minimum Gasteiger partial charge on any atom is -0.308 e. The van der Waals surface area contributed by atoms with Crippen molar-refractivity contribution < 1.29 is 14.4 Å². The summed E-state index contributed by atoms with van der Waals surface area (Å²) < 4.78 is 0. The summed E-state index contributed by atoms with van der Waals surface area (Å²) in [6.07, 6.45) is 0. The van der Waals surface area contributed by atoms with Crippen LogP contribution >= 0.6 is 0 Å². The van der Waals surface area contributed by atoms with Crippen LogP contribution in [0.4, 0.5) is 16.2 Å². The summed E-state index contributed by atoms with van der Waals surface area (Å²) in [4.78, 5) is 40.3. The van der Waals surface area contributed by atoms with Crippen molar-refractivity contribution in [2.24, 2.45) is 0 Å². The highest BCUT2D eigenvalue weighted by molar-refractivity contribution is 6.22. The highest BCUT2D eigenvalue weighted by Gasteiger charge is 2.37. The first-order valence-corrected chi connectivity index (χ1v) is 8.59. The molecule has 6 nitrogen and oxygen atoms in total. The number of imide groups is 1. The summed E-state index contributed by atoms with van der Waals surface area (Å²) in [6.45, 7) is 5.98. The van der Waals surface area contributed by atoms with Crippen molar-refractivity contribution in [1.29, 1.82) is 0 Å². The van der Waals surface area contributed by atoms with Crippen LogP contribution < -0.4 is 10.2 Å². The number of hydrogen-bond acceptors (Lipinski definition) is 3. The predicted octanol–water partition coefficient (Wildman–Crippen LogP) is 3.75. The number of fused-ring (bicyclic) bond motifs is 1. The Kier molecular flexibility index (Phi) is 4.75. The summed E-state index contributed by atoms with van der Waals surface area (Å²) in [5, 5.41) is 2.81. The number of urea groups is 1. The average Bonchev–Trinajstić information content (AvgIpc) is 2.87. The molecule has 0 aromatic heterocycles. The quantitative estimate of drug-likeness (QED) is 0.853. The van der Waals surface area contributed by atoms with Gasteiger partial charge in [0.2, 0.25) is 0 Å². The summed E-state index contributed by atoms with van der Waals surface area (Å²) in [7, 11) is 0. The van der Waals surface area contributed by atoms with Gasteiger partial charge in [0.25, 0.3) is 11.8 Å². The maximum absolute atomic E-state index is 12.6. The predicted molar refractivity (Wildman–Crippen MR) is 101 cm³/mol. The molecule has 0 saturated heterocycles. The fourth-order valence-corrected chi connectivity index (χ4v) is 3.05. The molecule has 1 N–H and O–H groups in total. The Bertz CT molecular complexity index is 862. The van der Waals surface area contributed by atoms with E-state index in [0.717, 1.165) is 5.69 Å². The number of hydrogen-bond donors (Lipinski definition) is 1. The van der Waals surface area contributed by atoms with Gasteiger partial charge >= 0.3 is 6.03 Å². The molecule has 1 aliphatic heterocycles. The van der Waals surface area contributed by atoms with E-state index in [1.54, 1.807) is 36.9 Å². The average molecular weight is 351 g/mol. The van der Waals surface area contributed by atoms with E-state index in [0.29, 0.717) is 23.4 Å². The van der Waals surface area contributed by atoms with Gasteiger partial charge in [0.05, 0.1) is 11.1 Å². The molecule has 1 heterocycles. The highest BCUT2D eigenvalue weighted by Crippen LogP contribution is 2.27. The van der Waals surface area contributed by atoms with Gasteiger partial charge in [0.1, 0.15) is 0 Å². The largest absolute Gasteiger partial charge is 0.326 e. The molecule has 2 aromatic carbocycles. The van der Waals surface area contributed by atoms with Gasteiger partial charge < -0.3 is 5.32 Å². The number of carbonyl (C=O) groups excluding carboxylic acids is 3. The first kappa shape index (κ1) is 17.7. The number of para-hydroxylation sites is 1. The lowest BCUT2D eigenvalue weighted by molar-refractivity contribution is 0.0609. The van der Waals surface area contributed by atoms with E-state index in [1.165, 1.54) is 4.90 Å². The molecule has 0 unspecified atom stereocenters. The normalized spacial score (nSPS) is 13.2. The van der Waals surface area contributed by atoms with Crippen LogP contribution in [0.5, 0.6) is 0 Å². The van der Waals surface area contributed by atoms with Crippen molar-refractivity contribution in [2.45, 2.75) is 26.8 Å². The zero-order chi connectivity index (χ0) is 18.8. The number of rotatable bonds is 4. The summed E-state index contributed by atoms with van der Waals surface area (Å²) >= 11 is 0. The maximum Gasteiger partial charge on any atom is 0.326 e. The topological polar surface area (TPSA) is 69.7 Å². The van der Waals surface area contributed by atoms with Crippen molar-refractivity contribution in [3.8, 4) is 0 Å². The van der Waals surface area contributed by atoms with Crippen LogP contribution in [0.25, 0.3) is 0 Å². The van der Waals surface area contributed by atoms with E-state index in [1.807, 2.05) is 37.3 Å². The van der Waals surface area contributed by atoms with E-state index in [2.05, 4.69) is 5.32 Å². The number of amides is 4. The summed E-state index contributed by atoms with van der Waals surface area (Å²) in [6, 6.07) is 13.6. The number of carbonyl (C=O) groups is 3. The van der Waals surface area contributed by atoms with E-state index >= 15 is 0 Å². The molecule has 2 aromatic rings. The molecule has 26 heavy (non-hydrogen) atoms. The van der Waals surface area contributed by atoms with Crippen LogP contribution in [-0.2, 0) is 0 Å². The van der Waals surface area contributed by atoms with Gasteiger partial charge in [0, 0.05) is 24.0 Å². The Labute approximate surface area is 152 Å². The minimum absolute atomic E-state index is 0.214. The Balaban J connectivity index is 1.83. The smallest absolute Gasteiger partial charge is 0.308 e. The molecular weight excluding hydrogens is 330 g/mol. The highest BCUT2D eigenvalue weighted by atomic mass is 16.2. The van der Waals surface area contributed by atoms with E-state index in [-0.39, 0.29) is 23.9 Å². The molecule has 0 aliphatic carbocycles. The monoisotopic (exact) mass is 351 g/mol. The molecule has 0 radical (unpaired) electrons. The lowest BCUT2D eigenvalue weighted by Crippen LogP contribution is -2.36. The van der Waals surface area contributed by atoms with Gasteiger partial charge in [-0.15, -0.1) is 0 Å². The fourth-order valence-electron chi connectivity index (χ4n) is 3.05. The number of nitrogens with zero attached hydrogens (tertiary/aromatic N) is 2.